The van der Waals surface area contributed by atoms with Gasteiger partial charge in [0, 0.05) is 11.6 Å². The van der Waals surface area contributed by atoms with Crippen LogP contribution >= 0.6 is 0 Å². The van der Waals surface area contributed by atoms with Crippen molar-refractivity contribution in [1.29, 1.82) is 0 Å². The van der Waals surface area contributed by atoms with E-state index in [9.17, 15) is 13.6 Å². The van der Waals surface area contributed by atoms with Gasteiger partial charge >= 0.3 is 5.97 Å². The van der Waals surface area contributed by atoms with Gasteiger partial charge in [-0.2, -0.15) is 4.39 Å². The topological polar surface area (TPSA) is 35.5 Å². The first-order chi connectivity index (χ1) is 7.60. The summed E-state index contributed by atoms with van der Waals surface area (Å²) in [5.74, 6) is -2.94. The molecule has 0 fully saturated rings. The highest BCUT2D eigenvalue weighted by Gasteiger charge is 2.12. The molecule has 0 bridgehead atoms. The SMILES string of the molecule is COC(=O)/C=C/c1ccc(F)c(F)c1OC. The van der Waals surface area contributed by atoms with Crippen molar-refractivity contribution < 1.29 is 23.0 Å². The van der Waals surface area contributed by atoms with Gasteiger partial charge in [-0.15, -0.1) is 0 Å². The van der Waals surface area contributed by atoms with Crippen molar-refractivity contribution in [3.63, 3.8) is 0 Å². The van der Waals surface area contributed by atoms with Gasteiger partial charge in [0.2, 0.25) is 5.82 Å². The van der Waals surface area contributed by atoms with E-state index in [1.54, 1.807) is 0 Å². The van der Waals surface area contributed by atoms with Gasteiger partial charge in [0.1, 0.15) is 0 Å². The molecule has 0 atom stereocenters. The Hall–Kier alpha value is -1.91. The van der Waals surface area contributed by atoms with E-state index in [1.807, 2.05) is 0 Å². The average Bonchev–Trinajstić information content (AvgIpc) is 2.30. The Morgan fingerprint density at radius 1 is 1.31 bits per heavy atom. The highest BCUT2D eigenvalue weighted by atomic mass is 19.2. The molecule has 0 spiro atoms. The van der Waals surface area contributed by atoms with E-state index in [-0.39, 0.29) is 11.3 Å². The van der Waals surface area contributed by atoms with Crippen molar-refractivity contribution in [1.82, 2.24) is 0 Å². The fourth-order valence-corrected chi connectivity index (χ4v) is 1.11. The van der Waals surface area contributed by atoms with E-state index in [1.165, 1.54) is 26.4 Å². The molecule has 0 aliphatic rings. The smallest absolute Gasteiger partial charge is 0.330 e. The maximum absolute atomic E-state index is 13.2. The molecule has 0 saturated heterocycles. The Kier molecular flexibility index (Phi) is 3.99. The standard InChI is InChI=1S/C11H10F2O3/c1-15-9(14)6-4-7-3-5-8(12)10(13)11(7)16-2/h3-6H,1-2H3/b6-4+. The van der Waals surface area contributed by atoms with Crippen molar-refractivity contribution in [2.75, 3.05) is 14.2 Å². The number of hydrogen-bond acceptors (Lipinski definition) is 3. The number of rotatable bonds is 3. The van der Waals surface area contributed by atoms with E-state index in [2.05, 4.69) is 4.74 Å². The Balaban J connectivity index is 3.10. The number of hydrogen-bond donors (Lipinski definition) is 0. The fraction of sp³-hybridized carbons (Fsp3) is 0.182. The minimum atomic E-state index is -1.09. The number of ether oxygens (including phenoxy) is 2. The first-order valence-corrected chi connectivity index (χ1v) is 4.38. The normalized spacial score (nSPS) is 10.5. The van der Waals surface area contributed by atoms with Crippen molar-refractivity contribution >= 4 is 12.0 Å². The van der Waals surface area contributed by atoms with Crippen LogP contribution in [0.25, 0.3) is 6.08 Å². The number of carbonyl (C=O) groups excluding carboxylic acids is 1. The van der Waals surface area contributed by atoms with Crippen LogP contribution in [0.5, 0.6) is 5.75 Å². The van der Waals surface area contributed by atoms with Gasteiger partial charge in [-0.3, -0.25) is 0 Å². The molecule has 0 heterocycles. The highest BCUT2D eigenvalue weighted by Crippen LogP contribution is 2.25. The van der Waals surface area contributed by atoms with Crippen molar-refractivity contribution in [2.45, 2.75) is 0 Å². The molecule has 0 unspecified atom stereocenters. The lowest BCUT2D eigenvalue weighted by Crippen LogP contribution is -1.96. The molecule has 86 valence electrons. The summed E-state index contributed by atoms with van der Waals surface area (Å²) in [6.45, 7) is 0. The number of esters is 1. The van der Waals surface area contributed by atoms with Crippen LogP contribution in [0.2, 0.25) is 0 Å². The van der Waals surface area contributed by atoms with Gasteiger partial charge < -0.3 is 9.47 Å². The van der Waals surface area contributed by atoms with Crippen molar-refractivity contribution in [3.05, 3.63) is 35.4 Å². The molecule has 0 radical (unpaired) electrons. The van der Waals surface area contributed by atoms with Crippen molar-refractivity contribution in [2.24, 2.45) is 0 Å². The number of halogens is 2. The Morgan fingerprint density at radius 3 is 2.56 bits per heavy atom. The Bertz CT molecular complexity index is 427. The summed E-state index contributed by atoms with van der Waals surface area (Å²) < 4.78 is 35.1. The number of carbonyl (C=O) groups is 1. The minimum absolute atomic E-state index is 0.250. The molecule has 0 N–H and O–H groups in total. The van der Waals surface area contributed by atoms with Gasteiger partial charge in [-0.05, 0) is 18.2 Å². The molecule has 1 rings (SSSR count). The molecule has 0 aliphatic heterocycles. The van der Waals surface area contributed by atoms with Crippen LogP contribution in [0.3, 0.4) is 0 Å². The first kappa shape index (κ1) is 12.2. The summed E-state index contributed by atoms with van der Waals surface area (Å²) in [5.41, 5.74) is 0.256. The zero-order valence-corrected chi connectivity index (χ0v) is 8.79. The zero-order valence-electron chi connectivity index (χ0n) is 8.79. The van der Waals surface area contributed by atoms with Crippen LogP contribution in [0, 0.1) is 11.6 Å². The van der Waals surface area contributed by atoms with Crippen LogP contribution in [-0.4, -0.2) is 20.2 Å². The van der Waals surface area contributed by atoms with E-state index < -0.39 is 17.6 Å². The number of methoxy groups -OCH3 is 2. The maximum atomic E-state index is 13.2. The second-order valence-electron chi connectivity index (χ2n) is 2.84. The van der Waals surface area contributed by atoms with Crippen LogP contribution < -0.4 is 4.74 Å². The fourth-order valence-electron chi connectivity index (χ4n) is 1.11. The molecular formula is C11H10F2O3. The summed E-state index contributed by atoms with van der Waals surface area (Å²) in [6, 6.07) is 2.26. The second kappa shape index (κ2) is 5.25. The van der Waals surface area contributed by atoms with Gasteiger partial charge in [0.15, 0.2) is 11.6 Å². The lowest BCUT2D eigenvalue weighted by molar-refractivity contribution is -0.134. The Labute approximate surface area is 91.3 Å². The van der Waals surface area contributed by atoms with Gasteiger partial charge in [-0.1, -0.05) is 0 Å². The van der Waals surface area contributed by atoms with Crippen LogP contribution in [0.1, 0.15) is 5.56 Å². The quantitative estimate of drug-likeness (QED) is 0.587. The van der Waals surface area contributed by atoms with E-state index >= 15 is 0 Å². The van der Waals surface area contributed by atoms with Crippen molar-refractivity contribution in [3.8, 4) is 5.75 Å². The second-order valence-corrected chi connectivity index (χ2v) is 2.84. The predicted octanol–water partition coefficient (Wildman–Crippen LogP) is 2.16. The molecule has 0 amide bonds. The third kappa shape index (κ3) is 2.56. The molecule has 0 aromatic heterocycles. The van der Waals surface area contributed by atoms with Gasteiger partial charge in [-0.25, -0.2) is 9.18 Å². The molecule has 5 heteroatoms. The predicted molar refractivity (Wildman–Crippen MR) is 54.0 cm³/mol. The van der Waals surface area contributed by atoms with Crippen LogP contribution in [-0.2, 0) is 9.53 Å². The summed E-state index contributed by atoms with van der Waals surface area (Å²) in [6.07, 6.45) is 2.38. The molecule has 1 aromatic carbocycles. The summed E-state index contributed by atoms with van der Waals surface area (Å²) >= 11 is 0. The molecule has 0 aliphatic carbocycles. The highest BCUT2D eigenvalue weighted by molar-refractivity contribution is 5.87. The van der Waals surface area contributed by atoms with E-state index in [0.717, 1.165) is 12.1 Å². The maximum Gasteiger partial charge on any atom is 0.330 e. The summed E-state index contributed by atoms with van der Waals surface area (Å²) in [5, 5.41) is 0. The third-order valence-electron chi connectivity index (χ3n) is 1.88. The third-order valence-corrected chi connectivity index (χ3v) is 1.88. The molecule has 16 heavy (non-hydrogen) atoms. The summed E-state index contributed by atoms with van der Waals surface area (Å²) in [4.78, 5) is 10.8. The molecule has 0 saturated carbocycles. The minimum Gasteiger partial charge on any atom is -0.493 e. The molecular weight excluding hydrogens is 218 g/mol. The molecule has 1 aromatic rings. The van der Waals surface area contributed by atoms with Crippen LogP contribution in [0.4, 0.5) is 8.78 Å². The lowest BCUT2D eigenvalue weighted by atomic mass is 10.1. The Morgan fingerprint density at radius 2 is 2.00 bits per heavy atom. The van der Waals surface area contributed by atoms with Crippen LogP contribution in [0.15, 0.2) is 18.2 Å². The number of benzene rings is 1. The monoisotopic (exact) mass is 228 g/mol. The summed E-state index contributed by atoms with van der Waals surface area (Å²) in [7, 11) is 2.43. The first-order valence-electron chi connectivity index (χ1n) is 4.38. The molecule has 3 nitrogen and oxygen atoms in total. The van der Waals surface area contributed by atoms with Gasteiger partial charge in [0.25, 0.3) is 0 Å². The largest absolute Gasteiger partial charge is 0.493 e. The zero-order chi connectivity index (χ0) is 12.1. The average molecular weight is 228 g/mol. The van der Waals surface area contributed by atoms with E-state index in [4.69, 9.17) is 4.74 Å². The van der Waals surface area contributed by atoms with Gasteiger partial charge in [0.05, 0.1) is 14.2 Å². The lowest BCUT2D eigenvalue weighted by Gasteiger charge is -2.06. The van der Waals surface area contributed by atoms with E-state index in [0.29, 0.717) is 0 Å².